The molecule has 0 fully saturated rings. The lowest BCUT2D eigenvalue weighted by Crippen LogP contribution is -1.76. The summed E-state index contributed by atoms with van der Waals surface area (Å²) in [5.41, 5.74) is 0.945. The summed E-state index contributed by atoms with van der Waals surface area (Å²) in [6.45, 7) is 0. The normalized spacial score (nSPS) is 10.7. The van der Waals surface area contributed by atoms with Crippen molar-refractivity contribution in [1.82, 2.24) is 15.0 Å². The smallest absolute Gasteiger partial charge is 0.152 e. The average Bonchev–Trinajstić information content (AvgIpc) is 3.02. The monoisotopic (exact) mass is 251 g/mol. The van der Waals surface area contributed by atoms with E-state index in [0.717, 1.165) is 20.7 Å². The predicted molar refractivity (Wildman–Crippen MR) is 64.3 cm³/mol. The second-order valence-corrected chi connectivity index (χ2v) is 5.36. The van der Waals surface area contributed by atoms with Crippen LogP contribution in [0.3, 0.4) is 0 Å². The van der Waals surface area contributed by atoms with Gasteiger partial charge in [0.05, 0.1) is 0 Å². The first-order valence-electron chi connectivity index (χ1n) is 4.19. The van der Waals surface area contributed by atoms with Gasteiger partial charge in [0.15, 0.2) is 10.0 Å². The minimum atomic E-state index is 0.945. The fourth-order valence-corrected chi connectivity index (χ4v) is 3.32. The Labute approximate surface area is 98.1 Å². The molecule has 0 bridgehead atoms. The Bertz CT molecular complexity index is 490. The van der Waals surface area contributed by atoms with Gasteiger partial charge in [-0.25, -0.2) is 15.0 Å². The summed E-state index contributed by atoms with van der Waals surface area (Å²) >= 11 is 4.82. The van der Waals surface area contributed by atoms with Gasteiger partial charge in [0.2, 0.25) is 0 Å². The molecule has 0 spiro atoms. The van der Waals surface area contributed by atoms with Crippen molar-refractivity contribution in [3.8, 4) is 20.7 Å². The van der Waals surface area contributed by atoms with Gasteiger partial charge in [-0.05, 0) is 0 Å². The summed E-state index contributed by atoms with van der Waals surface area (Å²) in [5, 5.41) is 8.85. The minimum absolute atomic E-state index is 0.945. The third-order valence-corrected chi connectivity index (χ3v) is 4.32. The van der Waals surface area contributed by atoms with Gasteiger partial charge in [-0.3, -0.25) is 0 Å². The Morgan fingerprint density at radius 2 is 1.53 bits per heavy atom. The van der Waals surface area contributed by atoms with Crippen LogP contribution in [-0.4, -0.2) is 15.0 Å². The molecule has 3 aromatic rings. The molecule has 0 aliphatic carbocycles. The Kier molecular flexibility index (Phi) is 2.32. The van der Waals surface area contributed by atoms with Crippen molar-refractivity contribution in [1.29, 1.82) is 0 Å². The number of hydrogen-bond acceptors (Lipinski definition) is 6. The standard InChI is InChI=1S/C9H5N3S3/c1-3-13-7(10-1)6-5-15-9(12-6)8-11-2-4-14-8/h1-5H. The van der Waals surface area contributed by atoms with Gasteiger partial charge >= 0.3 is 0 Å². The minimum Gasteiger partial charge on any atom is -0.243 e. The van der Waals surface area contributed by atoms with Crippen LogP contribution in [0, 0.1) is 0 Å². The van der Waals surface area contributed by atoms with E-state index in [1.807, 2.05) is 16.1 Å². The van der Waals surface area contributed by atoms with Gasteiger partial charge in [0, 0.05) is 28.5 Å². The van der Waals surface area contributed by atoms with Gasteiger partial charge < -0.3 is 0 Å². The molecule has 0 saturated carbocycles. The van der Waals surface area contributed by atoms with Gasteiger partial charge in [-0.15, -0.1) is 34.0 Å². The van der Waals surface area contributed by atoms with E-state index in [4.69, 9.17) is 0 Å². The Hall–Kier alpha value is -1.11. The molecule has 74 valence electrons. The van der Waals surface area contributed by atoms with Crippen LogP contribution in [0.5, 0.6) is 0 Å². The maximum Gasteiger partial charge on any atom is 0.152 e. The molecule has 0 atom stereocenters. The molecule has 0 N–H and O–H groups in total. The molecule has 0 unspecified atom stereocenters. The highest BCUT2D eigenvalue weighted by atomic mass is 32.1. The number of thiazole rings is 3. The first kappa shape index (κ1) is 9.14. The molecule has 6 heteroatoms. The number of aromatic nitrogens is 3. The van der Waals surface area contributed by atoms with Crippen LogP contribution < -0.4 is 0 Å². The molecule has 3 nitrogen and oxygen atoms in total. The van der Waals surface area contributed by atoms with Crippen molar-refractivity contribution in [2.75, 3.05) is 0 Å². The molecular formula is C9H5N3S3. The van der Waals surface area contributed by atoms with Gasteiger partial charge in [0.25, 0.3) is 0 Å². The Morgan fingerprint density at radius 3 is 2.20 bits per heavy atom. The van der Waals surface area contributed by atoms with E-state index in [9.17, 15) is 0 Å². The molecule has 0 saturated heterocycles. The Balaban J connectivity index is 2.02. The lowest BCUT2D eigenvalue weighted by atomic mass is 10.5. The number of rotatable bonds is 2. The first-order valence-corrected chi connectivity index (χ1v) is 6.82. The van der Waals surface area contributed by atoms with Crippen molar-refractivity contribution in [2.24, 2.45) is 0 Å². The predicted octanol–water partition coefficient (Wildman–Crippen LogP) is 3.39. The fourth-order valence-electron chi connectivity index (χ4n) is 1.15. The molecule has 0 aromatic carbocycles. The van der Waals surface area contributed by atoms with E-state index >= 15 is 0 Å². The summed E-state index contributed by atoms with van der Waals surface area (Å²) in [6.07, 6.45) is 3.59. The SMILES string of the molecule is c1csc(-c2csc(-c3nccs3)n2)n1. The van der Waals surface area contributed by atoms with E-state index in [0.29, 0.717) is 0 Å². The van der Waals surface area contributed by atoms with Crippen LogP contribution >= 0.6 is 34.0 Å². The topological polar surface area (TPSA) is 38.7 Å². The van der Waals surface area contributed by atoms with Crippen LogP contribution in [0.15, 0.2) is 28.5 Å². The zero-order valence-corrected chi connectivity index (χ0v) is 9.90. The zero-order valence-electron chi connectivity index (χ0n) is 7.45. The van der Waals surface area contributed by atoms with Crippen LogP contribution in [0.4, 0.5) is 0 Å². The van der Waals surface area contributed by atoms with Crippen molar-refractivity contribution in [3.63, 3.8) is 0 Å². The molecule has 0 amide bonds. The molecule has 3 aromatic heterocycles. The van der Waals surface area contributed by atoms with Crippen LogP contribution in [0.2, 0.25) is 0 Å². The Morgan fingerprint density at radius 1 is 0.800 bits per heavy atom. The van der Waals surface area contributed by atoms with Gasteiger partial charge in [0.1, 0.15) is 10.7 Å². The van der Waals surface area contributed by atoms with E-state index in [1.165, 1.54) is 0 Å². The second-order valence-electron chi connectivity index (χ2n) is 2.71. The van der Waals surface area contributed by atoms with Gasteiger partial charge in [-0.1, -0.05) is 0 Å². The van der Waals surface area contributed by atoms with Crippen molar-refractivity contribution in [2.45, 2.75) is 0 Å². The number of nitrogens with zero attached hydrogens (tertiary/aromatic N) is 3. The largest absolute Gasteiger partial charge is 0.243 e. The van der Waals surface area contributed by atoms with Crippen molar-refractivity contribution < 1.29 is 0 Å². The quantitative estimate of drug-likeness (QED) is 0.700. The molecule has 3 rings (SSSR count). The van der Waals surface area contributed by atoms with Crippen molar-refractivity contribution >= 4 is 34.0 Å². The second kappa shape index (κ2) is 3.80. The van der Waals surface area contributed by atoms with Crippen LogP contribution in [-0.2, 0) is 0 Å². The maximum absolute atomic E-state index is 4.51. The van der Waals surface area contributed by atoms with Crippen molar-refractivity contribution in [3.05, 3.63) is 28.5 Å². The summed E-state index contributed by atoms with van der Waals surface area (Å²) in [5.74, 6) is 0. The molecule has 15 heavy (non-hydrogen) atoms. The lowest BCUT2D eigenvalue weighted by molar-refractivity contribution is 1.32. The fraction of sp³-hybridized carbons (Fsp3) is 0. The maximum atomic E-state index is 4.51. The highest BCUT2D eigenvalue weighted by molar-refractivity contribution is 7.20. The molecule has 0 radical (unpaired) electrons. The molecule has 3 heterocycles. The molecule has 0 aliphatic rings. The summed E-state index contributed by atoms with van der Waals surface area (Å²) in [7, 11) is 0. The summed E-state index contributed by atoms with van der Waals surface area (Å²) in [4.78, 5) is 13.0. The third-order valence-electron chi connectivity index (χ3n) is 1.77. The van der Waals surface area contributed by atoms with Gasteiger partial charge in [-0.2, -0.15) is 0 Å². The van der Waals surface area contributed by atoms with E-state index in [1.54, 1.807) is 46.4 Å². The molecule has 0 aliphatic heterocycles. The summed E-state index contributed by atoms with van der Waals surface area (Å²) in [6, 6.07) is 0. The third kappa shape index (κ3) is 1.71. The first-order chi connectivity index (χ1) is 7.43. The van der Waals surface area contributed by atoms with E-state index in [-0.39, 0.29) is 0 Å². The van der Waals surface area contributed by atoms with Crippen LogP contribution in [0.25, 0.3) is 20.7 Å². The summed E-state index contributed by atoms with van der Waals surface area (Å²) < 4.78 is 0. The van der Waals surface area contributed by atoms with Crippen LogP contribution in [0.1, 0.15) is 0 Å². The van der Waals surface area contributed by atoms with E-state index in [2.05, 4.69) is 15.0 Å². The number of hydrogen-bond donors (Lipinski definition) is 0. The molecular weight excluding hydrogens is 246 g/mol. The highest BCUT2D eigenvalue weighted by Crippen LogP contribution is 2.30. The van der Waals surface area contributed by atoms with E-state index < -0.39 is 0 Å². The lowest BCUT2D eigenvalue weighted by Gasteiger charge is -1.86. The average molecular weight is 251 g/mol. The zero-order chi connectivity index (χ0) is 10.1. The highest BCUT2D eigenvalue weighted by Gasteiger charge is 2.09.